The van der Waals surface area contributed by atoms with Crippen LogP contribution in [0.3, 0.4) is 0 Å². The molecule has 1 aliphatic rings. The van der Waals surface area contributed by atoms with E-state index in [1.54, 1.807) is 12.1 Å². The summed E-state index contributed by atoms with van der Waals surface area (Å²) >= 11 is 5.83. The second-order valence-electron chi connectivity index (χ2n) is 5.88. The molecule has 2 N–H and O–H groups in total. The van der Waals surface area contributed by atoms with Crippen molar-refractivity contribution in [2.75, 3.05) is 13.2 Å². The molecule has 2 aromatic carbocycles. The number of nitrogens with zero attached hydrogens (tertiary/aromatic N) is 1. The predicted molar refractivity (Wildman–Crippen MR) is 101 cm³/mol. The summed E-state index contributed by atoms with van der Waals surface area (Å²) in [6, 6.07) is 16.4. The maximum Gasteiger partial charge on any atom is 0.263 e. The molecule has 2 aromatic rings. The molecule has 0 bridgehead atoms. The summed E-state index contributed by atoms with van der Waals surface area (Å²) in [6.07, 6.45) is 1.18. The molecule has 0 radical (unpaired) electrons. The molecule has 7 heteroatoms. The fourth-order valence-corrected chi connectivity index (χ4v) is 2.61. The van der Waals surface area contributed by atoms with Crippen molar-refractivity contribution in [2.24, 2.45) is 0 Å². The van der Waals surface area contributed by atoms with Crippen LogP contribution in [-0.2, 0) is 11.3 Å². The van der Waals surface area contributed by atoms with Gasteiger partial charge in [0.2, 0.25) is 0 Å². The van der Waals surface area contributed by atoms with Gasteiger partial charge in [-0.05, 0) is 29.8 Å². The first kappa shape index (κ1) is 18.6. The maximum absolute atomic E-state index is 12.1. The molecule has 3 rings (SSSR count). The van der Waals surface area contributed by atoms with Crippen LogP contribution >= 0.6 is 11.6 Å². The number of rotatable bonds is 6. The number of carbonyl (C=O) groups excluding carboxylic acids is 1. The fourth-order valence-electron chi connectivity index (χ4n) is 2.48. The van der Waals surface area contributed by atoms with Gasteiger partial charge in [-0.15, -0.1) is 0 Å². The van der Waals surface area contributed by atoms with Crippen LogP contribution < -0.4 is 20.1 Å². The van der Waals surface area contributed by atoms with Crippen LogP contribution in [0.1, 0.15) is 5.56 Å². The minimum atomic E-state index is -0.453. The number of hydrogen-bond donors (Lipinski definition) is 2. The number of halogens is 1. The SMILES string of the molecule is N#C/C(=C/NCC1COc2ccccc2O1)C(=O)NCc1ccc(Cl)cc1. The molecular weight excluding hydrogens is 366 g/mol. The molecule has 1 amide bonds. The van der Waals surface area contributed by atoms with E-state index in [9.17, 15) is 10.1 Å². The second kappa shape index (κ2) is 8.97. The first-order valence-corrected chi connectivity index (χ1v) is 8.78. The Morgan fingerprint density at radius 1 is 1.22 bits per heavy atom. The predicted octanol–water partition coefficient (Wildman–Crippen LogP) is 2.79. The topological polar surface area (TPSA) is 83.4 Å². The van der Waals surface area contributed by atoms with Gasteiger partial charge < -0.3 is 20.1 Å². The summed E-state index contributed by atoms with van der Waals surface area (Å²) in [4.78, 5) is 12.1. The van der Waals surface area contributed by atoms with Gasteiger partial charge >= 0.3 is 0 Å². The largest absolute Gasteiger partial charge is 0.486 e. The third kappa shape index (κ3) is 5.16. The van der Waals surface area contributed by atoms with E-state index in [1.807, 2.05) is 42.5 Å². The normalized spacial score (nSPS) is 15.6. The van der Waals surface area contributed by atoms with E-state index in [-0.39, 0.29) is 11.7 Å². The quantitative estimate of drug-likeness (QED) is 0.592. The molecule has 0 spiro atoms. The minimum absolute atomic E-state index is 0.0129. The van der Waals surface area contributed by atoms with Crippen molar-refractivity contribution >= 4 is 17.5 Å². The molecule has 0 saturated carbocycles. The number of fused-ring (bicyclic) bond motifs is 1. The first-order chi connectivity index (χ1) is 13.2. The van der Waals surface area contributed by atoms with Gasteiger partial charge in [0.15, 0.2) is 11.5 Å². The molecular formula is C20H18ClN3O3. The standard InChI is InChI=1S/C20H18ClN3O3/c21-16-7-5-14(6-8-16)10-24-20(25)15(9-22)11-23-12-17-13-26-18-3-1-2-4-19(18)27-17/h1-8,11,17,23H,10,12-13H2,(H,24,25)/b15-11-. The molecule has 0 aliphatic carbocycles. The number of para-hydroxylation sites is 2. The number of nitriles is 1. The zero-order chi connectivity index (χ0) is 19.1. The van der Waals surface area contributed by atoms with Crippen LogP contribution in [-0.4, -0.2) is 25.2 Å². The van der Waals surface area contributed by atoms with Gasteiger partial charge in [0.05, 0.1) is 6.54 Å². The van der Waals surface area contributed by atoms with Crippen molar-refractivity contribution in [3.8, 4) is 17.6 Å². The summed E-state index contributed by atoms with van der Waals surface area (Å²) in [6.45, 7) is 1.11. The number of hydrogen-bond acceptors (Lipinski definition) is 5. The number of nitrogens with one attached hydrogen (secondary N) is 2. The van der Waals surface area contributed by atoms with Crippen LogP contribution in [0.4, 0.5) is 0 Å². The fraction of sp³-hybridized carbons (Fsp3) is 0.200. The first-order valence-electron chi connectivity index (χ1n) is 8.40. The Bertz CT molecular complexity index is 875. The maximum atomic E-state index is 12.1. The second-order valence-corrected chi connectivity index (χ2v) is 6.32. The van der Waals surface area contributed by atoms with Crippen LogP contribution in [0.5, 0.6) is 11.5 Å². The van der Waals surface area contributed by atoms with Crippen molar-refractivity contribution in [3.63, 3.8) is 0 Å². The molecule has 138 valence electrons. The van der Waals surface area contributed by atoms with Gasteiger partial charge in [0.25, 0.3) is 5.91 Å². The van der Waals surface area contributed by atoms with Crippen molar-refractivity contribution in [2.45, 2.75) is 12.6 Å². The lowest BCUT2D eigenvalue weighted by Crippen LogP contribution is -2.37. The van der Waals surface area contributed by atoms with Gasteiger partial charge in [-0.3, -0.25) is 4.79 Å². The molecule has 6 nitrogen and oxygen atoms in total. The molecule has 27 heavy (non-hydrogen) atoms. The zero-order valence-corrected chi connectivity index (χ0v) is 15.2. The summed E-state index contributed by atoms with van der Waals surface area (Å²) in [5.74, 6) is 0.940. The highest BCUT2D eigenvalue weighted by Gasteiger charge is 2.20. The summed E-state index contributed by atoms with van der Waals surface area (Å²) in [7, 11) is 0. The summed E-state index contributed by atoms with van der Waals surface area (Å²) < 4.78 is 11.4. The van der Waals surface area contributed by atoms with E-state index < -0.39 is 5.91 Å². The van der Waals surface area contributed by atoms with Gasteiger partial charge in [-0.2, -0.15) is 5.26 Å². The van der Waals surface area contributed by atoms with Crippen LogP contribution in [0.25, 0.3) is 0 Å². The average Bonchev–Trinajstić information content (AvgIpc) is 2.70. The Balaban J connectivity index is 1.48. The highest BCUT2D eigenvalue weighted by Crippen LogP contribution is 2.30. The molecule has 1 unspecified atom stereocenters. The Hall–Kier alpha value is -3.17. The highest BCUT2D eigenvalue weighted by molar-refractivity contribution is 6.30. The average molecular weight is 384 g/mol. The molecule has 0 aromatic heterocycles. The molecule has 0 fully saturated rings. The smallest absolute Gasteiger partial charge is 0.263 e. The number of amides is 1. The highest BCUT2D eigenvalue weighted by atomic mass is 35.5. The molecule has 1 atom stereocenters. The molecule has 1 aliphatic heterocycles. The third-order valence-electron chi connectivity index (χ3n) is 3.89. The number of carbonyl (C=O) groups is 1. The van der Waals surface area contributed by atoms with Crippen molar-refractivity contribution in [1.82, 2.24) is 10.6 Å². The lowest BCUT2D eigenvalue weighted by Gasteiger charge is -2.26. The zero-order valence-electron chi connectivity index (χ0n) is 14.4. The summed E-state index contributed by atoms with van der Waals surface area (Å²) in [5, 5.41) is 15.5. The van der Waals surface area contributed by atoms with Gasteiger partial charge in [0, 0.05) is 17.8 Å². The minimum Gasteiger partial charge on any atom is -0.486 e. The van der Waals surface area contributed by atoms with Gasteiger partial charge in [-0.25, -0.2) is 0 Å². The van der Waals surface area contributed by atoms with Crippen molar-refractivity contribution in [1.29, 1.82) is 5.26 Å². The Kier molecular flexibility index (Phi) is 6.18. The Morgan fingerprint density at radius 2 is 1.96 bits per heavy atom. The van der Waals surface area contributed by atoms with E-state index in [4.69, 9.17) is 21.1 Å². The van der Waals surface area contributed by atoms with Gasteiger partial charge in [0.1, 0.15) is 24.4 Å². The lowest BCUT2D eigenvalue weighted by molar-refractivity contribution is -0.117. The van der Waals surface area contributed by atoms with E-state index in [0.717, 1.165) is 5.56 Å². The van der Waals surface area contributed by atoms with E-state index >= 15 is 0 Å². The molecule has 1 heterocycles. The van der Waals surface area contributed by atoms with E-state index in [2.05, 4.69) is 10.6 Å². The van der Waals surface area contributed by atoms with Crippen LogP contribution in [0.15, 0.2) is 60.3 Å². The van der Waals surface area contributed by atoms with Crippen LogP contribution in [0, 0.1) is 11.3 Å². The lowest BCUT2D eigenvalue weighted by atomic mass is 10.2. The van der Waals surface area contributed by atoms with E-state index in [1.165, 1.54) is 6.20 Å². The Morgan fingerprint density at radius 3 is 2.70 bits per heavy atom. The van der Waals surface area contributed by atoms with Crippen LogP contribution in [0.2, 0.25) is 5.02 Å². The Labute approximate surface area is 162 Å². The summed E-state index contributed by atoms with van der Waals surface area (Å²) in [5.41, 5.74) is 0.880. The number of ether oxygens (including phenoxy) is 2. The van der Waals surface area contributed by atoms with E-state index in [0.29, 0.717) is 36.2 Å². The van der Waals surface area contributed by atoms with Crippen molar-refractivity contribution < 1.29 is 14.3 Å². The van der Waals surface area contributed by atoms with Gasteiger partial charge in [-0.1, -0.05) is 35.9 Å². The number of benzene rings is 2. The third-order valence-corrected chi connectivity index (χ3v) is 4.14. The molecule has 0 saturated heterocycles. The monoisotopic (exact) mass is 383 g/mol. The van der Waals surface area contributed by atoms with Crippen molar-refractivity contribution in [3.05, 3.63) is 70.9 Å².